The van der Waals surface area contributed by atoms with E-state index in [0.717, 1.165) is 0 Å². The van der Waals surface area contributed by atoms with E-state index in [-0.39, 0.29) is 38.2 Å². The van der Waals surface area contributed by atoms with Gasteiger partial charge in [0.2, 0.25) is 17.7 Å². The Morgan fingerprint density at radius 3 is 1.92 bits per heavy atom. The molecule has 16 heteroatoms. The van der Waals surface area contributed by atoms with Crippen LogP contribution in [0.4, 0.5) is 0 Å². The molecular formula is C21H37N7O9. The molecule has 0 saturated carbocycles. The first kappa shape index (κ1) is 33.0. The number of aliphatic imine (C=N–C) groups is 1. The predicted molar refractivity (Wildman–Crippen MR) is 130 cm³/mol. The van der Waals surface area contributed by atoms with Gasteiger partial charge >= 0.3 is 17.9 Å². The highest BCUT2D eigenvalue weighted by molar-refractivity contribution is 5.94. The summed E-state index contributed by atoms with van der Waals surface area (Å²) in [6.45, 7) is 3.50. The summed E-state index contributed by atoms with van der Waals surface area (Å²) < 4.78 is 0. The van der Waals surface area contributed by atoms with Crippen molar-refractivity contribution in [3.63, 3.8) is 0 Å². The molecule has 37 heavy (non-hydrogen) atoms. The first-order valence-electron chi connectivity index (χ1n) is 11.6. The second-order valence-corrected chi connectivity index (χ2v) is 8.42. The van der Waals surface area contributed by atoms with Crippen molar-refractivity contribution < 1.29 is 44.1 Å². The lowest BCUT2D eigenvalue weighted by Crippen LogP contribution is -2.58. The maximum atomic E-state index is 13.1. The van der Waals surface area contributed by atoms with Crippen LogP contribution in [-0.2, 0) is 28.8 Å². The van der Waals surface area contributed by atoms with E-state index in [1.165, 1.54) is 0 Å². The summed E-state index contributed by atoms with van der Waals surface area (Å²) in [7, 11) is 0. The molecular weight excluding hydrogens is 494 g/mol. The van der Waals surface area contributed by atoms with Gasteiger partial charge in [0.1, 0.15) is 18.1 Å². The molecule has 0 fully saturated rings. The van der Waals surface area contributed by atoms with E-state index in [2.05, 4.69) is 20.9 Å². The average molecular weight is 532 g/mol. The fraction of sp³-hybridized carbons (Fsp3) is 0.667. The highest BCUT2D eigenvalue weighted by Crippen LogP contribution is 2.11. The molecule has 0 aliphatic carbocycles. The largest absolute Gasteiger partial charge is 0.481 e. The topological polar surface area (TPSA) is 290 Å². The van der Waals surface area contributed by atoms with Gasteiger partial charge in [-0.1, -0.05) is 20.3 Å². The lowest BCUT2D eigenvalue weighted by molar-refractivity contribution is -0.147. The summed E-state index contributed by atoms with van der Waals surface area (Å²) in [6, 6.07) is -5.42. The van der Waals surface area contributed by atoms with Crippen LogP contribution in [0.1, 0.15) is 52.4 Å². The smallest absolute Gasteiger partial charge is 0.326 e. The molecule has 210 valence electrons. The minimum Gasteiger partial charge on any atom is -0.481 e. The van der Waals surface area contributed by atoms with E-state index in [1.54, 1.807) is 13.8 Å². The molecule has 5 atom stereocenters. The maximum Gasteiger partial charge on any atom is 0.326 e. The number of nitrogens with zero attached hydrogens (tertiary/aromatic N) is 1. The molecule has 5 unspecified atom stereocenters. The fourth-order valence-corrected chi connectivity index (χ4v) is 3.05. The number of carboxylic acids is 3. The molecule has 0 aliphatic rings. The van der Waals surface area contributed by atoms with E-state index >= 15 is 0 Å². The summed E-state index contributed by atoms with van der Waals surface area (Å²) in [4.78, 5) is 75.2. The molecule has 0 radical (unpaired) electrons. The van der Waals surface area contributed by atoms with Gasteiger partial charge in [0.15, 0.2) is 5.96 Å². The quantitative estimate of drug-likeness (QED) is 0.0495. The zero-order valence-corrected chi connectivity index (χ0v) is 20.8. The third-order valence-corrected chi connectivity index (χ3v) is 5.37. The Balaban J connectivity index is 5.69. The fourth-order valence-electron chi connectivity index (χ4n) is 3.05. The third kappa shape index (κ3) is 13.6. The predicted octanol–water partition coefficient (Wildman–Crippen LogP) is -2.71. The summed E-state index contributed by atoms with van der Waals surface area (Å²) in [5, 5.41) is 33.9. The van der Waals surface area contributed by atoms with E-state index in [1.807, 2.05) is 0 Å². The van der Waals surface area contributed by atoms with Crippen molar-refractivity contribution in [3.8, 4) is 0 Å². The molecule has 0 aromatic carbocycles. The lowest BCUT2D eigenvalue weighted by Gasteiger charge is -2.28. The minimum atomic E-state index is -1.75. The van der Waals surface area contributed by atoms with Crippen molar-refractivity contribution in [2.75, 3.05) is 6.54 Å². The van der Waals surface area contributed by atoms with Crippen LogP contribution in [0.5, 0.6) is 0 Å². The van der Waals surface area contributed by atoms with Crippen LogP contribution in [0.2, 0.25) is 0 Å². The van der Waals surface area contributed by atoms with E-state index < -0.39 is 72.1 Å². The summed E-state index contributed by atoms with van der Waals surface area (Å²) in [6.07, 6.45) is -0.834. The molecule has 0 saturated heterocycles. The average Bonchev–Trinajstić information content (AvgIpc) is 2.80. The Morgan fingerprint density at radius 1 is 0.838 bits per heavy atom. The lowest BCUT2D eigenvalue weighted by atomic mass is 9.96. The number of carbonyl (C=O) groups is 6. The molecule has 0 heterocycles. The van der Waals surface area contributed by atoms with Crippen LogP contribution in [0.15, 0.2) is 4.99 Å². The summed E-state index contributed by atoms with van der Waals surface area (Å²) in [5.41, 5.74) is 16.3. The number of nitrogens with one attached hydrogen (secondary N) is 3. The van der Waals surface area contributed by atoms with E-state index in [9.17, 15) is 33.9 Å². The molecule has 0 aromatic heterocycles. The molecule has 12 N–H and O–H groups in total. The third-order valence-electron chi connectivity index (χ3n) is 5.37. The number of carbonyl (C=O) groups excluding carboxylic acids is 3. The Bertz CT molecular complexity index is 861. The van der Waals surface area contributed by atoms with Crippen LogP contribution < -0.4 is 33.2 Å². The normalized spacial score (nSPS) is 14.7. The number of carboxylic acid groups (broad SMARTS) is 3. The van der Waals surface area contributed by atoms with Gasteiger partial charge in [0, 0.05) is 13.0 Å². The minimum absolute atomic E-state index is 0.0485. The molecule has 0 spiro atoms. The Morgan fingerprint density at radius 2 is 1.43 bits per heavy atom. The van der Waals surface area contributed by atoms with Crippen molar-refractivity contribution in [1.29, 1.82) is 0 Å². The van der Waals surface area contributed by atoms with Crippen molar-refractivity contribution in [2.45, 2.75) is 76.5 Å². The van der Waals surface area contributed by atoms with Crippen LogP contribution in [-0.4, -0.2) is 87.6 Å². The molecule has 0 bridgehead atoms. The van der Waals surface area contributed by atoms with E-state index in [4.69, 9.17) is 27.4 Å². The second-order valence-electron chi connectivity index (χ2n) is 8.42. The highest BCUT2D eigenvalue weighted by atomic mass is 16.4. The second kappa shape index (κ2) is 16.7. The molecule has 16 nitrogen and oxygen atoms in total. The summed E-state index contributed by atoms with van der Waals surface area (Å²) in [5.74, 6) is -7.31. The Hall–Kier alpha value is -3.95. The maximum absolute atomic E-state index is 13.1. The number of rotatable bonds is 18. The van der Waals surface area contributed by atoms with Gasteiger partial charge in [-0.2, -0.15) is 0 Å². The number of hydrogen-bond acceptors (Lipinski definition) is 8. The zero-order valence-electron chi connectivity index (χ0n) is 20.8. The molecule has 0 aromatic rings. The van der Waals surface area contributed by atoms with Gasteiger partial charge in [0.25, 0.3) is 0 Å². The van der Waals surface area contributed by atoms with Gasteiger partial charge in [-0.05, 0) is 25.2 Å². The molecule has 0 rings (SSSR count). The highest BCUT2D eigenvalue weighted by Gasteiger charge is 2.32. The van der Waals surface area contributed by atoms with Gasteiger partial charge in [-0.25, -0.2) is 4.79 Å². The van der Waals surface area contributed by atoms with Gasteiger partial charge < -0.3 is 48.5 Å². The van der Waals surface area contributed by atoms with Crippen molar-refractivity contribution in [1.82, 2.24) is 16.0 Å². The van der Waals surface area contributed by atoms with Crippen molar-refractivity contribution >= 4 is 41.6 Å². The van der Waals surface area contributed by atoms with Crippen LogP contribution in [0.25, 0.3) is 0 Å². The van der Waals surface area contributed by atoms with Gasteiger partial charge in [0.05, 0.1) is 12.5 Å². The van der Waals surface area contributed by atoms with Crippen LogP contribution >= 0.6 is 0 Å². The first-order chi connectivity index (χ1) is 17.2. The number of guanidine groups is 1. The Kier molecular flexibility index (Phi) is 14.9. The number of amides is 3. The van der Waals surface area contributed by atoms with Crippen LogP contribution in [0.3, 0.4) is 0 Å². The monoisotopic (exact) mass is 531 g/mol. The van der Waals surface area contributed by atoms with Gasteiger partial charge in [-0.15, -0.1) is 0 Å². The van der Waals surface area contributed by atoms with E-state index in [0.29, 0.717) is 6.42 Å². The van der Waals surface area contributed by atoms with Crippen molar-refractivity contribution in [3.05, 3.63) is 0 Å². The number of hydrogen-bond donors (Lipinski definition) is 9. The first-order valence-corrected chi connectivity index (χ1v) is 11.6. The van der Waals surface area contributed by atoms with Crippen LogP contribution in [0, 0.1) is 5.92 Å². The SMILES string of the molecule is CCC(C)C(NC(=O)C(N)CCC(=O)O)C(=O)NC(CCCN=C(N)N)C(=O)NC(CC(=O)O)C(=O)O. The molecule has 3 amide bonds. The standard InChI is InChI=1S/C21H37N7O9/c1-3-10(2)16(28-17(33)11(22)6-7-14(29)30)19(35)26-12(5-4-8-25-21(23)24)18(34)27-13(20(36)37)9-15(31)32/h10-13,16H,3-9,22H2,1-2H3,(H,26,35)(H,27,34)(H,28,33)(H,29,30)(H,31,32)(H,36,37)(H4,23,24,25). The summed E-state index contributed by atoms with van der Waals surface area (Å²) >= 11 is 0. The number of nitrogens with two attached hydrogens (primary N) is 3. The van der Waals surface area contributed by atoms with Crippen molar-refractivity contribution in [2.24, 2.45) is 28.1 Å². The zero-order chi connectivity index (χ0) is 28.7. The van der Waals surface area contributed by atoms with Gasteiger partial charge in [-0.3, -0.25) is 29.0 Å². The molecule has 0 aliphatic heterocycles. The number of aliphatic carboxylic acids is 3. The Labute approximate surface area is 213 Å².